The number of hydrogen-bond donors (Lipinski definition) is 1. The molecule has 3 aromatic rings. The van der Waals surface area contributed by atoms with Gasteiger partial charge in [-0.3, -0.25) is 9.59 Å². The number of aryl methyl sites for hydroxylation is 1. The Kier molecular flexibility index (Phi) is 6.26. The number of hydrogen-bond acceptors (Lipinski definition) is 7. The van der Waals surface area contributed by atoms with Crippen molar-refractivity contribution in [1.82, 2.24) is 9.78 Å². The highest BCUT2D eigenvalue weighted by Gasteiger charge is 2.16. The van der Waals surface area contributed by atoms with E-state index in [-0.39, 0.29) is 5.89 Å². The molecule has 0 aliphatic carbocycles. The first kappa shape index (κ1) is 20.8. The fourth-order valence-electron chi connectivity index (χ4n) is 2.54. The number of anilines is 1. The van der Waals surface area contributed by atoms with Gasteiger partial charge in [0.05, 0.1) is 12.8 Å². The van der Waals surface area contributed by atoms with Gasteiger partial charge in [-0.1, -0.05) is 6.07 Å². The molecule has 0 aliphatic rings. The molecule has 156 valence electrons. The van der Waals surface area contributed by atoms with Crippen molar-refractivity contribution in [2.24, 2.45) is 0 Å². The summed E-state index contributed by atoms with van der Waals surface area (Å²) in [5, 5.41) is 6.46. The standard InChI is InChI=1S/C20H18FN3O6/c1-12-3-8-16(28-2)15(9-12)22-17(25)11-29-18(26)10-24-20(27)30-19(23-24)13-4-6-14(21)7-5-13/h3-9H,10-11H2,1-2H3,(H,22,25). The highest BCUT2D eigenvalue weighted by Crippen LogP contribution is 2.25. The molecule has 0 saturated carbocycles. The highest BCUT2D eigenvalue weighted by molar-refractivity contribution is 5.94. The van der Waals surface area contributed by atoms with Gasteiger partial charge in [-0.25, -0.2) is 9.18 Å². The average molecular weight is 415 g/mol. The number of nitrogens with zero attached hydrogens (tertiary/aromatic N) is 2. The zero-order chi connectivity index (χ0) is 21.7. The molecule has 1 heterocycles. The number of esters is 1. The molecule has 1 N–H and O–H groups in total. The Morgan fingerprint density at radius 2 is 1.93 bits per heavy atom. The zero-order valence-corrected chi connectivity index (χ0v) is 16.2. The number of halogens is 1. The van der Waals surface area contributed by atoms with Crippen LogP contribution >= 0.6 is 0 Å². The van der Waals surface area contributed by atoms with Crippen molar-refractivity contribution in [3.63, 3.8) is 0 Å². The van der Waals surface area contributed by atoms with E-state index < -0.39 is 36.6 Å². The van der Waals surface area contributed by atoms with E-state index in [1.165, 1.54) is 31.4 Å². The second-order valence-corrected chi connectivity index (χ2v) is 6.25. The number of rotatable bonds is 7. The van der Waals surface area contributed by atoms with Crippen LogP contribution < -0.4 is 15.8 Å². The molecular formula is C20H18FN3O6. The summed E-state index contributed by atoms with van der Waals surface area (Å²) in [6, 6.07) is 10.4. The van der Waals surface area contributed by atoms with Crippen LogP contribution in [0.25, 0.3) is 11.5 Å². The van der Waals surface area contributed by atoms with Crippen molar-refractivity contribution >= 4 is 17.6 Å². The topological polar surface area (TPSA) is 113 Å². The molecule has 0 radical (unpaired) electrons. The maximum absolute atomic E-state index is 13.0. The van der Waals surface area contributed by atoms with Crippen LogP contribution in [0.3, 0.4) is 0 Å². The molecule has 0 atom stereocenters. The van der Waals surface area contributed by atoms with Crippen molar-refractivity contribution in [2.45, 2.75) is 13.5 Å². The third kappa shape index (κ3) is 5.10. The number of aromatic nitrogens is 2. The van der Waals surface area contributed by atoms with E-state index in [9.17, 15) is 18.8 Å². The van der Waals surface area contributed by atoms with Crippen molar-refractivity contribution in [3.8, 4) is 17.2 Å². The number of amides is 1. The second-order valence-electron chi connectivity index (χ2n) is 6.25. The molecule has 0 fully saturated rings. The number of ether oxygens (including phenoxy) is 2. The maximum Gasteiger partial charge on any atom is 0.437 e. The Labute approximate surface area is 170 Å². The number of nitrogens with one attached hydrogen (secondary N) is 1. The average Bonchev–Trinajstić information content (AvgIpc) is 3.07. The number of benzene rings is 2. The van der Waals surface area contributed by atoms with E-state index in [0.717, 1.165) is 10.2 Å². The molecule has 0 spiro atoms. The van der Waals surface area contributed by atoms with Gasteiger partial charge < -0.3 is 19.2 Å². The van der Waals surface area contributed by atoms with Gasteiger partial charge in [0.15, 0.2) is 6.61 Å². The Morgan fingerprint density at radius 3 is 2.63 bits per heavy atom. The lowest BCUT2D eigenvalue weighted by atomic mass is 10.2. The van der Waals surface area contributed by atoms with Crippen molar-refractivity contribution < 1.29 is 27.9 Å². The summed E-state index contributed by atoms with van der Waals surface area (Å²) in [5.74, 6) is -2.39. The summed E-state index contributed by atoms with van der Waals surface area (Å²) in [6.45, 7) is 0.739. The van der Waals surface area contributed by atoms with E-state index >= 15 is 0 Å². The molecule has 0 unspecified atom stereocenters. The molecule has 1 aromatic heterocycles. The van der Waals surface area contributed by atoms with Crippen LogP contribution in [-0.2, 0) is 20.9 Å². The van der Waals surface area contributed by atoms with E-state index in [1.54, 1.807) is 12.1 Å². The normalized spacial score (nSPS) is 10.5. The van der Waals surface area contributed by atoms with Crippen molar-refractivity contribution in [1.29, 1.82) is 0 Å². The molecule has 10 heteroatoms. The monoisotopic (exact) mass is 415 g/mol. The minimum absolute atomic E-state index is 0.0721. The van der Waals surface area contributed by atoms with Crippen LogP contribution in [0.1, 0.15) is 5.56 Å². The first-order valence-corrected chi connectivity index (χ1v) is 8.79. The molecule has 0 aliphatic heterocycles. The lowest BCUT2D eigenvalue weighted by molar-refractivity contribution is -0.148. The summed E-state index contributed by atoms with van der Waals surface area (Å²) < 4.78 is 28.7. The SMILES string of the molecule is COc1ccc(C)cc1NC(=O)COC(=O)Cn1nc(-c2ccc(F)cc2)oc1=O. The molecular weight excluding hydrogens is 397 g/mol. The minimum Gasteiger partial charge on any atom is -0.495 e. The van der Waals surface area contributed by atoms with E-state index in [0.29, 0.717) is 17.0 Å². The number of carbonyl (C=O) groups excluding carboxylic acids is 2. The molecule has 1 amide bonds. The van der Waals surface area contributed by atoms with Crippen LogP contribution in [0.5, 0.6) is 5.75 Å². The second kappa shape index (κ2) is 9.03. The van der Waals surface area contributed by atoms with Crippen LogP contribution in [0.15, 0.2) is 51.7 Å². The van der Waals surface area contributed by atoms with Crippen molar-refractivity contribution in [2.75, 3.05) is 19.0 Å². The predicted molar refractivity (Wildman–Crippen MR) is 103 cm³/mol. The number of carbonyl (C=O) groups is 2. The highest BCUT2D eigenvalue weighted by atomic mass is 19.1. The van der Waals surface area contributed by atoms with E-state index in [1.807, 2.05) is 13.0 Å². The van der Waals surface area contributed by atoms with Gasteiger partial charge in [0.1, 0.15) is 18.1 Å². The quantitative estimate of drug-likeness (QED) is 0.588. The predicted octanol–water partition coefficient (Wildman–Crippen LogP) is 2.14. The van der Waals surface area contributed by atoms with Gasteiger partial charge >= 0.3 is 11.7 Å². The first-order valence-electron chi connectivity index (χ1n) is 8.79. The largest absolute Gasteiger partial charge is 0.495 e. The summed E-state index contributed by atoms with van der Waals surface area (Å²) >= 11 is 0. The summed E-state index contributed by atoms with van der Waals surface area (Å²) in [4.78, 5) is 35.9. The fourth-order valence-corrected chi connectivity index (χ4v) is 2.54. The van der Waals surface area contributed by atoms with Gasteiger partial charge in [-0.2, -0.15) is 4.68 Å². The molecule has 2 aromatic carbocycles. The summed E-state index contributed by atoms with van der Waals surface area (Å²) in [6.07, 6.45) is 0. The van der Waals surface area contributed by atoms with Crippen LogP contribution in [0, 0.1) is 12.7 Å². The van der Waals surface area contributed by atoms with Gasteiger partial charge in [0.25, 0.3) is 5.91 Å². The van der Waals surface area contributed by atoms with Crippen LogP contribution in [-0.4, -0.2) is 35.4 Å². The molecule has 0 bridgehead atoms. The molecule has 9 nitrogen and oxygen atoms in total. The lowest BCUT2D eigenvalue weighted by Crippen LogP contribution is -2.26. The fraction of sp³-hybridized carbons (Fsp3) is 0.200. The smallest absolute Gasteiger partial charge is 0.437 e. The minimum atomic E-state index is -0.889. The van der Waals surface area contributed by atoms with Gasteiger partial charge in [0, 0.05) is 5.56 Å². The van der Waals surface area contributed by atoms with E-state index in [4.69, 9.17) is 13.9 Å². The Balaban J connectivity index is 1.57. The molecule has 0 saturated heterocycles. The van der Waals surface area contributed by atoms with Gasteiger partial charge in [0.2, 0.25) is 5.89 Å². The van der Waals surface area contributed by atoms with E-state index in [2.05, 4.69) is 10.4 Å². The molecule has 3 rings (SSSR count). The Bertz CT molecular complexity index is 1120. The Hall–Kier alpha value is -3.95. The summed E-state index contributed by atoms with van der Waals surface area (Å²) in [7, 11) is 1.47. The zero-order valence-electron chi connectivity index (χ0n) is 16.2. The molecule has 30 heavy (non-hydrogen) atoms. The van der Waals surface area contributed by atoms with Gasteiger partial charge in [-0.15, -0.1) is 5.10 Å². The van der Waals surface area contributed by atoms with Crippen LogP contribution in [0.4, 0.5) is 10.1 Å². The van der Waals surface area contributed by atoms with Crippen molar-refractivity contribution in [3.05, 3.63) is 64.4 Å². The first-order chi connectivity index (χ1) is 14.4. The maximum atomic E-state index is 13.0. The van der Waals surface area contributed by atoms with Crippen LogP contribution in [0.2, 0.25) is 0 Å². The summed E-state index contributed by atoms with van der Waals surface area (Å²) in [5.41, 5.74) is 1.72. The third-order valence-corrected chi connectivity index (χ3v) is 3.97. The number of methoxy groups -OCH3 is 1. The third-order valence-electron chi connectivity index (χ3n) is 3.97. The van der Waals surface area contributed by atoms with Gasteiger partial charge in [-0.05, 0) is 48.9 Å². The Morgan fingerprint density at radius 1 is 1.20 bits per heavy atom. The lowest BCUT2D eigenvalue weighted by Gasteiger charge is -2.11.